The maximum Gasteiger partial charge on any atom is 0.230 e. The monoisotopic (exact) mass is 298 g/mol. The lowest BCUT2D eigenvalue weighted by Gasteiger charge is -2.34. The summed E-state index contributed by atoms with van der Waals surface area (Å²) in [5.74, 6) is 0.510. The van der Waals surface area contributed by atoms with Crippen molar-refractivity contribution in [2.45, 2.75) is 56.5 Å². The van der Waals surface area contributed by atoms with Crippen molar-refractivity contribution < 1.29 is 4.79 Å². The molecule has 22 heavy (non-hydrogen) atoms. The van der Waals surface area contributed by atoms with Crippen LogP contribution in [0.1, 0.15) is 49.1 Å². The second kappa shape index (κ2) is 5.69. The molecule has 3 nitrogen and oxygen atoms in total. The SMILES string of the molecule is CN1CCCC1C1CCCN1C(=O)C1CCc2ccccc21. The average molecular weight is 298 g/mol. The Morgan fingerprint density at radius 3 is 2.64 bits per heavy atom. The van der Waals surface area contributed by atoms with Crippen LogP contribution in [0.3, 0.4) is 0 Å². The Hall–Kier alpha value is -1.35. The van der Waals surface area contributed by atoms with Gasteiger partial charge in [0, 0.05) is 18.6 Å². The molecule has 0 radical (unpaired) electrons. The van der Waals surface area contributed by atoms with E-state index in [9.17, 15) is 4.79 Å². The minimum atomic E-state index is 0.114. The van der Waals surface area contributed by atoms with Crippen molar-refractivity contribution in [3.63, 3.8) is 0 Å². The number of carbonyl (C=O) groups excluding carboxylic acids is 1. The van der Waals surface area contributed by atoms with Gasteiger partial charge in [0.1, 0.15) is 0 Å². The summed E-state index contributed by atoms with van der Waals surface area (Å²) in [4.78, 5) is 17.9. The lowest BCUT2D eigenvalue weighted by atomic mass is 9.97. The summed E-state index contributed by atoms with van der Waals surface area (Å²) in [6.45, 7) is 2.15. The molecule has 0 bridgehead atoms. The van der Waals surface area contributed by atoms with Crippen molar-refractivity contribution in [3.05, 3.63) is 35.4 Å². The van der Waals surface area contributed by atoms with E-state index >= 15 is 0 Å². The zero-order valence-corrected chi connectivity index (χ0v) is 13.5. The lowest BCUT2D eigenvalue weighted by molar-refractivity contribution is -0.134. The first-order valence-corrected chi connectivity index (χ1v) is 8.84. The molecule has 2 aliphatic heterocycles. The standard InChI is InChI=1S/C19H26N2O/c1-20-12-4-8-17(20)18-9-5-13-21(18)19(22)16-11-10-14-6-2-3-7-15(14)16/h2-3,6-7,16-18H,4-5,8-13H2,1H3. The Bertz CT molecular complexity index is 570. The van der Waals surface area contributed by atoms with E-state index < -0.39 is 0 Å². The van der Waals surface area contributed by atoms with Crippen LogP contribution in [-0.4, -0.2) is 47.9 Å². The van der Waals surface area contributed by atoms with Gasteiger partial charge in [0.05, 0.1) is 5.92 Å². The van der Waals surface area contributed by atoms with Gasteiger partial charge in [0.25, 0.3) is 0 Å². The number of likely N-dealkylation sites (tertiary alicyclic amines) is 2. The van der Waals surface area contributed by atoms with Crippen molar-refractivity contribution in [2.24, 2.45) is 0 Å². The quantitative estimate of drug-likeness (QED) is 0.838. The maximum absolute atomic E-state index is 13.2. The summed E-state index contributed by atoms with van der Waals surface area (Å²) < 4.78 is 0. The van der Waals surface area contributed by atoms with Gasteiger partial charge < -0.3 is 9.80 Å². The number of carbonyl (C=O) groups is 1. The Morgan fingerprint density at radius 2 is 1.82 bits per heavy atom. The largest absolute Gasteiger partial charge is 0.338 e. The highest BCUT2D eigenvalue weighted by molar-refractivity contribution is 5.85. The van der Waals surface area contributed by atoms with Crippen LogP contribution in [0, 0.1) is 0 Å². The van der Waals surface area contributed by atoms with Crippen LogP contribution in [0.2, 0.25) is 0 Å². The van der Waals surface area contributed by atoms with Gasteiger partial charge in [-0.25, -0.2) is 0 Å². The molecule has 2 heterocycles. The van der Waals surface area contributed by atoms with Gasteiger partial charge in [-0.1, -0.05) is 24.3 Å². The van der Waals surface area contributed by atoms with E-state index in [0.717, 1.165) is 19.4 Å². The zero-order chi connectivity index (χ0) is 15.1. The van der Waals surface area contributed by atoms with E-state index in [1.54, 1.807) is 0 Å². The van der Waals surface area contributed by atoms with E-state index in [2.05, 4.69) is 41.1 Å². The van der Waals surface area contributed by atoms with E-state index in [0.29, 0.717) is 18.0 Å². The molecule has 3 heteroatoms. The molecule has 1 aromatic rings. The van der Waals surface area contributed by atoms with Crippen LogP contribution in [0.15, 0.2) is 24.3 Å². The number of benzene rings is 1. The first kappa shape index (κ1) is 14.3. The minimum absolute atomic E-state index is 0.114. The number of likely N-dealkylation sites (N-methyl/N-ethyl adjacent to an activating group) is 1. The second-order valence-electron chi connectivity index (χ2n) is 7.22. The van der Waals surface area contributed by atoms with E-state index in [1.807, 2.05) is 0 Å². The zero-order valence-electron chi connectivity index (χ0n) is 13.5. The van der Waals surface area contributed by atoms with Crippen molar-refractivity contribution in [1.82, 2.24) is 9.80 Å². The van der Waals surface area contributed by atoms with Crippen LogP contribution >= 0.6 is 0 Å². The number of fused-ring (bicyclic) bond motifs is 1. The highest BCUT2D eigenvalue weighted by atomic mass is 16.2. The predicted molar refractivity (Wildman–Crippen MR) is 87.9 cm³/mol. The number of nitrogens with zero attached hydrogens (tertiary/aromatic N) is 2. The van der Waals surface area contributed by atoms with E-state index in [-0.39, 0.29) is 5.92 Å². The third-order valence-corrected chi connectivity index (χ3v) is 6.03. The molecule has 0 aromatic heterocycles. The van der Waals surface area contributed by atoms with Crippen molar-refractivity contribution >= 4 is 5.91 Å². The molecular formula is C19H26N2O. The van der Waals surface area contributed by atoms with Gasteiger partial charge in [0.15, 0.2) is 0 Å². The molecule has 3 atom stereocenters. The summed E-state index contributed by atoms with van der Waals surface area (Å²) >= 11 is 0. The number of hydrogen-bond acceptors (Lipinski definition) is 2. The number of rotatable bonds is 2. The molecule has 3 unspecified atom stereocenters. The fourth-order valence-corrected chi connectivity index (χ4v) is 4.90. The molecule has 118 valence electrons. The number of hydrogen-bond donors (Lipinski definition) is 0. The van der Waals surface area contributed by atoms with Crippen molar-refractivity contribution in [3.8, 4) is 0 Å². The molecule has 2 saturated heterocycles. The molecule has 4 rings (SSSR count). The molecule has 1 aromatic carbocycles. The third-order valence-electron chi connectivity index (χ3n) is 6.03. The molecule has 0 spiro atoms. The van der Waals surface area contributed by atoms with Gasteiger partial charge in [-0.3, -0.25) is 4.79 Å². The normalized spacial score (nSPS) is 31.7. The number of amides is 1. The highest BCUT2D eigenvalue weighted by Gasteiger charge is 2.41. The van der Waals surface area contributed by atoms with Gasteiger partial charge in [-0.05, 0) is 63.2 Å². The molecule has 0 saturated carbocycles. The van der Waals surface area contributed by atoms with Gasteiger partial charge in [-0.2, -0.15) is 0 Å². The first-order valence-electron chi connectivity index (χ1n) is 8.84. The van der Waals surface area contributed by atoms with E-state index in [1.165, 1.54) is 43.4 Å². The predicted octanol–water partition coefficient (Wildman–Crippen LogP) is 2.80. The summed E-state index contributed by atoms with van der Waals surface area (Å²) in [5, 5.41) is 0. The smallest absolute Gasteiger partial charge is 0.230 e. The topological polar surface area (TPSA) is 23.6 Å². The van der Waals surface area contributed by atoms with Gasteiger partial charge in [0.2, 0.25) is 5.91 Å². The Balaban J connectivity index is 1.55. The van der Waals surface area contributed by atoms with Gasteiger partial charge >= 0.3 is 0 Å². The maximum atomic E-state index is 13.2. The van der Waals surface area contributed by atoms with Crippen LogP contribution in [0.4, 0.5) is 0 Å². The summed E-state index contributed by atoms with van der Waals surface area (Å²) in [6, 6.07) is 9.57. The Kier molecular flexibility index (Phi) is 3.69. The Morgan fingerprint density at radius 1 is 1.05 bits per heavy atom. The number of aryl methyl sites for hydroxylation is 1. The van der Waals surface area contributed by atoms with Crippen LogP contribution in [-0.2, 0) is 11.2 Å². The van der Waals surface area contributed by atoms with E-state index in [4.69, 9.17) is 0 Å². The summed E-state index contributed by atoms with van der Waals surface area (Å²) in [7, 11) is 2.23. The van der Waals surface area contributed by atoms with Crippen LogP contribution in [0.5, 0.6) is 0 Å². The van der Waals surface area contributed by atoms with Crippen LogP contribution in [0.25, 0.3) is 0 Å². The molecule has 2 fully saturated rings. The lowest BCUT2D eigenvalue weighted by Crippen LogP contribution is -2.48. The molecule has 3 aliphatic rings. The molecule has 1 aliphatic carbocycles. The molecular weight excluding hydrogens is 272 g/mol. The fourth-order valence-electron chi connectivity index (χ4n) is 4.90. The molecule has 0 N–H and O–H groups in total. The first-order chi connectivity index (χ1) is 10.8. The summed E-state index contributed by atoms with van der Waals surface area (Å²) in [5.41, 5.74) is 2.67. The second-order valence-corrected chi connectivity index (χ2v) is 7.22. The van der Waals surface area contributed by atoms with Gasteiger partial charge in [-0.15, -0.1) is 0 Å². The minimum Gasteiger partial charge on any atom is -0.338 e. The van der Waals surface area contributed by atoms with Crippen LogP contribution < -0.4 is 0 Å². The molecule has 1 amide bonds. The average Bonchev–Trinajstić information content (AvgIpc) is 3.24. The Labute approximate surface area is 133 Å². The third kappa shape index (κ3) is 2.26. The van der Waals surface area contributed by atoms with Crippen molar-refractivity contribution in [2.75, 3.05) is 20.1 Å². The van der Waals surface area contributed by atoms with Crippen molar-refractivity contribution in [1.29, 1.82) is 0 Å². The fraction of sp³-hybridized carbons (Fsp3) is 0.632. The highest BCUT2D eigenvalue weighted by Crippen LogP contribution is 2.37. The summed E-state index contributed by atoms with van der Waals surface area (Å²) in [6.07, 6.45) is 6.97.